The molecule has 1 amide bonds. The second-order valence-electron chi connectivity index (χ2n) is 6.33. The molecule has 1 aromatic heterocycles. The van der Waals surface area contributed by atoms with Gasteiger partial charge < -0.3 is 9.64 Å². The van der Waals surface area contributed by atoms with Gasteiger partial charge in [-0.3, -0.25) is 4.79 Å². The Kier molecular flexibility index (Phi) is 4.67. The lowest BCUT2D eigenvalue weighted by molar-refractivity contribution is -0.146. The van der Waals surface area contributed by atoms with Gasteiger partial charge >= 0.3 is 0 Å². The molecule has 5 nitrogen and oxygen atoms in total. The molecular formula is C18H21N3O2S. The van der Waals surface area contributed by atoms with Crippen LogP contribution in [-0.2, 0) is 9.53 Å². The second kappa shape index (κ2) is 7.07. The van der Waals surface area contributed by atoms with E-state index in [1.165, 1.54) is 24.6 Å². The van der Waals surface area contributed by atoms with E-state index in [0.717, 1.165) is 28.8 Å². The fourth-order valence-electron chi connectivity index (χ4n) is 3.71. The summed E-state index contributed by atoms with van der Waals surface area (Å²) < 4.78 is 5.86. The average Bonchev–Trinajstić information content (AvgIpc) is 2.65. The van der Waals surface area contributed by atoms with Crippen LogP contribution >= 0.6 is 11.8 Å². The van der Waals surface area contributed by atoms with Crippen LogP contribution in [0.15, 0.2) is 35.6 Å². The third kappa shape index (κ3) is 3.13. The highest BCUT2D eigenvalue weighted by Crippen LogP contribution is 2.30. The van der Waals surface area contributed by atoms with E-state index in [-0.39, 0.29) is 18.1 Å². The summed E-state index contributed by atoms with van der Waals surface area (Å²) in [6, 6.07) is 8.19. The molecular weight excluding hydrogens is 322 g/mol. The van der Waals surface area contributed by atoms with Crippen LogP contribution in [0.25, 0.3) is 10.9 Å². The minimum absolute atomic E-state index is 0.197. The number of morpholine rings is 1. The predicted octanol–water partition coefficient (Wildman–Crippen LogP) is 2.89. The van der Waals surface area contributed by atoms with Gasteiger partial charge in [-0.2, -0.15) is 0 Å². The number of carbonyl (C=O) groups excluding carboxylic acids is 1. The molecule has 1 aromatic carbocycles. The third-order valence-corrected chi connectivity index (χ3v) is 5.88. The van der Waals surface area contributed by atoms with E-state index in [1.54, 1.807) is 6.33 Å². The molecule has 6 heteroatoms. The summed E-state index contributed by atoms with van der Waals surface area (Å²) in [5, 5.41) is 1.89. The first-order valence-electron chi connectivity index (χ1n) is 8.56. The molecule has 1 saturated heterocycles. The third-order valence-electron chi connectivity index (χ3n) is 4.89. The fraction of sp³-hybridized carbons (Fsp3) is 0.500. The van der Waals surface area contributed by atoms with Crippen LogP contribution < -0.4 is 0 Å². The molecule has 1 aliphatic heterocycles. The van der Waals surface area contributed by atoms with E-state index in [9.17, 15) is 4.79 Å². The van der Waals surface area contributed by atoms with Crippen LogP contribution in [0.3, 0.4) is 0 Å². The highest BCUT2D eigenvalue weighted by Gasteiger charge is 2.36. The molecule has 0 radical (unpaired) electrons. The molecule has 1 aliphatic carbocycles. The fourth-order valence-corrected chi connectivity index (χ4v) is 4.59. The topological polar surface area (TPSA) is 55.3 Å². The maximum absolute atomic E-state index is 12.8. The number of para-hydroxylation sites is 1. The van der Waals surface area contributed by atoms with Crippen LogP contribution in [0.5, 0.6) is 0 Å². The standard InChI is InChI=1S/C18H21N3O2S/c22-17(21-9-10-23-16-8-4-3-7-15(16)21)11-24-18-13-5-1-2-6-14(13)19-12-20-18/h1-2,5-6,12,15-16H,3-4,7-11H2. The van der Waals surface area contributed by atoms with Gasteiger partial charge in [-0.1, -0.05) is 42.8 Å². The van der Waals surface area contributed by atoms with Gasteiger partial charge in [0, 0.05) is 11.9 Å². The van der Waals surface area contributed by atoms with Crippen molar-refractivity contribution in [1.29, 1.82) is 0 Å². The van der Waals surface area contributed by atoms with Gasteiger partial charge in [0.2, 0.25) is 5.91 Å². The van der Waals surface area contributed by atoms with Crippen molar-refractivity contribution in [3.8, 4) is 0 Å². The first-order chi connectivity index (χ1) is 11.8. The first kappa shape index (κ1) is 15.8. The minimum atomic E-state index is 0.197. The zero-order chi connectivity index (χ0) is 16.4. The van der Waals surface area contributed by atoms with Gasteiger partial charge in [0.1, 0.15) is 11.4 Å². The number of amides is 1. The van der Waals surface area contributed by atoms with Crippen molar-refractivity contribution in [3.05, 3.63) is 30.6 Å². The number of hydrogen-bond acceptors (Lipinski definition) is 5. The van der Waals surface area contributed by atoms with Gasteiger partial charge in [0.15, 0.2) is 0 Å². The van der Waals surface area contributed by atoms with E-state index in [0.29, 0.717) is 18.9 Å². The van der Waals surface area contributed by atoms with Gasteiger partial charge in [0.05, 0.1) is 30.0 Å². The summed E-state index contributed by atoms with van der Waals surface area (Å²) >= 11 is 1.51. The number of benzene rings is 1. The van der Waals surface area contributed by atoms with Gasteiger partial charge in [-0.15, -0.1) is 0 Å². The Labute approximate surface area is 145 Å². The first-order valence-corrected chi connectivity index (χ1v) is 9.55. The molecule has 2 unspecified atom stereocenters. The maximum atomic E-state index is 12.8. The van der Waals surface area contributed by atoms with Crippen LogP contribution in [0.2, 0.25) is 0 Å². The Morgan fingerprint density at radius 3 is 3.08 bits per heavy atom. The molecule has 0 spiro atoms. The number of nitrogens with zero attached hydrogens (tertiary/aromatic N) is 3. The van der Waals surface area contributed by atoms with E-state index in [4.69, 9.17) is 4.74 Å². The van der Waals surface area contributed by atoms with Crippen molar-refractivity contribution in [2.24, 2.45) is 0 Å². The molecule has 24 heavy (non-hydrogen) atoms. The molecule has 2 atom stereocenters. The van der Waals surface area contributed by atoms with Crippen LogP contribution in [0.4, 0.5) is 0 Å². The number of rotatable bonds is 3. The quantitative estimate of drug-likeness (QED) is 0.633. The lowest BCUT2D eigenvalue weighted by atomic mass is 9.90. The molecule has 0 N–H and O–H groups in total. The Morgan fingerprint density at radius 2 is 2.12 bits per heavy atom. The summed E-state index contributed by atoms with van der Waals surface area (Å²) in [4.78, 5) is 23.5. The lowest BCUT2D eigenvalue weighted by Gasteiger charge is -2.43. The smallest absolute Gasteiger partial charge is 0.233 e. The molecule has 2 fully saturated rings. The van der Waals surface area contributed by atoms with E-state index >= 15 is 0 Å². The molecule has 1 saturated carbocycles. The van der Waals surface area contributed by atoms with E-state index < -0.39 is 0 Å². The number of carbonyl (C=O) groups is 1. The zero-order valence-electron chi connectivity index (χ0n) is 13.6. The monoisotopic (exact) mass is 343 g/mol. The Hall–Kier alpha value is -1.66. The van der Waals surface area contributed by atoms with Crippen molar-refractivity contribution in [1.82, 2.24) is 14.9 Å². The normalized spacial score (nSPS) is 23.9. The summed E-state index contributed by atoms with van der Waals surface area (Å²) in [6.07, 6.45) is 6.36. The SMILES string of the molecule is O=C(CSc1ncnc2ccccc12)N1CCOC2CCCCC21. The summed E-state index contributed by atoms with van der Waals surface area (Å²) in [5.74, 6) is 0.618. The van der Waals surface area contributed by atoms with Gasteiger partial charge in [-0.05, 0) is 18.9 Å². The highest BCUT2D eigenvalue weighted by atomic mass is 32.2. The molecule has 0 bridgehead atoms. The van der Waals surface area contributed by atoms with Crippen molar-refractivity contribution in [2.45, 2.75) is 42.9 Å². The predicted molar refractivity (Wildman–Crippen MR) is 94.0 cm³/mol. The van der Waals surface area contributed by atoms with Crippen molar-refractivity contribution in [3.63, 3.8) is 0 Å². The van der Waals surface area contributed by atoms with E-state index in [1.807, 2.05) is 29.2 Å². The van der Waals surface area contributed by atoms with Gasteiger partial charge in [-0.25, -0.2) is 9.97 Å². The number of thioether (sulfide) groups is 1. The highest BCUT2D eigenvalue weighted by molar-refractivity contribution is 8.00. The largest absolute Gasteiger partial charge is 0.374 e. The second-order valence-corrected chi connectivity index (χ2v) is 7.30. The Bertz CT molecular complexity index is 732. The van der Waals surface area contributed by atoms with Crippen molar-refractivity contribution < 1.29 is 9.53 Å². The molecule has 2 aliphatic rings. The maximum Gasteiger partial charge on any atom is 0.233 e. The summed E-state index contributed by atoms with van der Waals surface area (Å²) in [6.45, 7) is 1.37. The summed E-state index contributed by atoms with van der Waals surface area (Å²) in [5.41, 5.74) is 0.918. The van der Waals surface area contributed by atoms with Gasteiger partial charge in [0.25, 0.3) is 0 Å². The summed E-state index contributed by atoms with van der Waals surface area (Å²) in [7, 11) is 0. The van der Waals surface area contributed by atoms with Crippen molar-refractivity contribution >= 4 is 28.6 Å². The van der Waals surface area contributed by atoms with Crippen molar-refractivity contribution in [2.75, 3.05) is 18.9 Å². The Morgan fingerprint density at radius 1 is 1.25 bits per heavy atom. The number of aromatic nitrogens is 2. The van der Waals surface area contributed by atoms with Crippen LogP contribution in [-0.4, -0.2) is 51.8 Å². The number of ether oxygens (including phenoxy) is 1. The average molecular weight is 343 g/mol. The molecule has 126 valence electrons. The Balaban J connectivity index is 1.46. The number of fused-ring (bicyclic) bond motifs is 2. The number of hydrogen-bond donors (Lipinski definition) is 0. The molecule has 2 aromatic rings. The lowest BCUT2D eigenvalue weighted by Crippen LogP contribution is -2.55. The minimum Gasteiger partial charge on any atom is -0.374 e. The zero-order valence-corrected chi connectivity index (χ0v) is 14.4. The molecule has 2 heterocycles. The molecule has 4 rings (SSSR count). The van der Waals surface area contributed by atoms with Crippen LogP contribution in [0.1, 0.15) is 25.7 Å². The van der Waals surface area contributed by atoms with Crippen LogP contribution in [0, 0.1) is 0 Å². The van der Waals surface area contributed by atoms with E-state index in [2.05, 4.69) is 9.97 Å².